The van der Waals surface area contributed by atoms with Gasteiger partial charge in [-0.05, 0) is 0 Å². The van der Waals surface area contributed by atoms with Gasteiger partial charge in [0.05, 0.1) is 24.8 Å². The van der Waals surface area contributed by atoms with E-state index < -0.39 is 24.9 Å². The third-order valence-corrected chi connectivity index (χ3v) is 1.77. The minimum absolute atomic E-state index is 0. The first kappa shape index (κ1) is 14.8. The van der Waals surface area contributed by atoms with Crippen molar-refractivity contribution in [2.24, 2.45) is 12.8 Å². The number of nitrogens with zero attached hydrogens (tertiary/aromatic N) is 2. The summed E-state index contributed by atoms with van der Waals surface area (Å²) in [5.74, 6) is -3.66. The molecule has 0 saturated heterocycles. The van der Waals surface area contributed by atoms with Gasteiger partial charge in [0.1, 0.15) is 0 Å². The highest BCUT2D eigenvalue weighted by atomic mass is 35.5. The van der Waals surface area contributed by atoms with Crippen LogP contribution in [0, 0.1) is 0 Å². The largest absolute Gasteiger partial charge is 0.346 e. The van der Waals surface area contributed by atoms with Crippen LogP contribution in [0.1, 0.15) is 10.4 Å². The Bertz CT molecular complexity index is 356. The first-order valence-corrected chi connectivity index (χ1v) is 4.29. The molecule has 1 heterocycles. The second-order valence-electron chi connectivity index (χ2n) is 3.15. The van der Waals surface area contributed by atoms with Gasteiger partial charge in [0.25, 0.3) is 11.8 Å². The average molecular weight is 255 g/mol. The van der Waals surface area contributed by atoms with E-state index in [1.807, 2.05) is 0 Å². The van der Waals surface area contributed by atoms with E-state index in [1.54, 1.807) is 7.05 Å². The molecule has 1 aromatic heterocycles. The Hall–Kier alpha value is -1.21. The van der Waals surface area contributed by atoms with E-state index in [1.165, 1.54) is 17.1 Å². The first-order valence-electron chi connectivity index (χ1n) is 4.29. The van der Waals surface area contributed by atoms with Crippen LogP contribution < -0.4 is 11.1 Å². The van der Waals surface area contributed by atoms with E-state index in [0.717, 1.165) is 0 Å². The Morgan fingerprint density at radius 1 is 1.69 bits per heavy atom. The number of aryl methyl sites for hydroxylation is 1. The number of halogens is 3. The number of nitrogens with one attached hydrogen (secondary N) is 1. The normalized spacial score (nSPS) is 10.8. The summed E-state index contributed by atoms with van der Waals surface area (Å²) < 4.78 is 26.8. The lowest BCUT2D eigenvalue weighted by Crippen LogP contribution is -2.41. The summed E-state index contributed by atoms with van der Waals surface area (Å²) in [4.78, 5) is 11.3. The smallest absolute Gasteiger partial charge is 0.277 e. The molecule has 1 rings (SSSR count). The Labute approximate surface area is 97.4 Å². The molecule has 0 aromatic carbocycles. The standard InChI is InChI=1S/C8H12F2N4O.ClH/c1-14-3-6(2-13-14)7(15)12-5-8(9,10)4-11;/h2-3H,4-5,11H2,1H3,(H,12,15);1H. The summed E-state index contributed by atoms with van der Waals surface area (Å²) in [5.41, 5.74) is 5.06. The minimum Gasteiger partial charge on any atom is -0.346 e. The third kappa shape index (κ3) is 4.11. The van der Waals surface area contributed by atoms with Gasteiger partial charge in [-0.25, -0.2) is 8.78 Å². The highest BCUT2D eigenvalue weighted by Crippen LogP contribution is 2.09. The van der Waals surface area contributed by atoms with Gasteiger partial charge in [-0.1, -0.05) is 0 Å². The van der Waals surface area contributed by atoms with Crippen LogP contribution in [-0.2, 0) is 7.05 Å². The van der Waals surface area contributed by atoms with E-state index in [9.17, 15) is 13.6 Å². The lowest BCUT2D eigenvalue weighted by Gasteiger charge is -2.13. The summed E-state index contributed by atoms with van der Waals surface area (Å²) in [7, 11) is 1.63. The molecular weight excluding hydrogens is 242 g/mol. The fourth-order valence-electron chi connectivity index (χ4n) is 0.922. The van der Waals surface area contributed by atoms with Crippen molar-refractivity contribution in [3.8, 4) is 0 Å². The number of carbonyl (C=O) groups excluding carboxylic acids is 1. The molecule has 3 N–H and O–H groups in total. The zero-order chi connectivity index (χ0) is 11.5. The number of carbonyl (C=O) groups is 1. The molecule has 92 valence electrons. The van der Waals surface area contributed by atoms with Gasteiger partial charge in [0, 0.05) is 13.2 Å². The molecule has 0 radical (unpaired) electrons. The molecule has 1 amide bonds. The molecule has 0 unspecified atom stereocenters. The molecule has 0 fully saturated rings. The van der Waals surface area contributed by atoms with Crippen molar-refractivity contribution in [3.05, 3.63) is 18.0 Å². The van der Waals surface area contributed by atoms with E-state index >= 15 is 0 Å². The highest BCUT2D eigenvalue weighted by Gasteiger charge is 2.27. The van der Waals surface area contributed by atoms with E-state index in [4.69, 9.17) is 5.73 Å². The van der Waals surface area contributed by atoms with Crippen LogP contribution in [0.3, 0.4) is 0 Å². The molecule has 8 heteroatoms. The Morgan fingerprint density at radius 3 is 2.75 bits per heavy atom. The quantitative estimate of drug-likeness (QED) is 0.804. The van der Waals surface area contributed by atoms with Crippen molar-refractivity contribution < 1.29 is 13.6 Å². The maximum absolute atomic E-state index is 12.7. The molecular formula is C8H13ClF2N4O. The predicted octanol–water partition coefficient (Wildman–Crippen LogP) is 0.166. The van der Waals surface area contributed by atoms with Crippen molar-refractivity contribution >= 4 is 18.3 Å². The molecule has 5 nitrogen and oxygen atoms in total. The van der Waals surface area contributed by atoms with Crippen molar-refractivity contribution in [3.63, 3.8) is 0 Å². The maximum atomic E-state index is 12.7. The van der Waals surface area contributed by atoms with Gasteiger partial charge in [-0.3, -0.25) is 9.48 Å². The van der Waals surface area contributed by atoms with Crippen LogP contribution in [0.5, 0.6) is 0 Å². The van der Waals surface area contributed by atoms with Crippen molar-refractivity contribution in [2.45, 2.75) is 5.92 Å². The van der Waals surface area contributed by atoms with Gasteiger partial charge in [-0.2, -0.15) is 5.10 Å². The average Bonchev–Trinajstić information content (AvgIpc) is 2.61. The molecule has 0 spiro atoms. The molecule has 0 aliphatic carbocycles. The number of rotatable bonds is 4. The van der Waals surface area contributed by atoms with Gasteiger partial charge < -0.3 is 11.1 Å². The Kier molecular flexibility index (Phi) is 5.32. The molecule has 1 aromatic rings. The van der Waals surface area contributed by atoms with E-state index in [2.05, 4.69) is 10.4 Å². The monoisotopic (exact) mass is 254 g/mol. The van der Waals surface area contributed by atoms with Crippen LogP contribution in [0.15, 0.2) is 12.4 Å². The van der Waals surface area contributed by atoms with Gasteiger partial charge in [-0.15, -0.1) is 12.4 Å². The minimum atomic E-state index is -3.07. The number of hydrogen-bond donors (Lipinski definition) is 2. The zero-order valence-corrected chi connectivity index (χ0v) is 9.43. The molecule has 0 aliphatic rings. The van der Waals surface area contributed by atoms with Crippen molar-refractivity contribution in [1.82, 2.24) is 15.1 Å². The molecule has 0 aliphatic heterocycles. The zero-order valence-electron chi connectivity index (χ0n) is 8.61. The SMILES string of the molecule is Cl.Cn1cc(C(=O)NCC(F)(F)CN)cn1. The van der Waals surface area contributed by atoms with Crippen LogP contribution >= 0.6 is 12.4 Å². The van der Waals surface area contributed by atoms with Crippen LogP contribution in [-0.4, -0.2) is 34.7 Å². The maximum Gasteiger partial charge on any atom is 0.277 e. The van der Waals surface area contributed by atoms with Gasteiger partial charge >= 0.3 is 0 Å². The fourth-order valence-corrected chi connectivity index (χ4v) is 0.922. The summed E-state index contributed by atoms with van der Waals surface area (Å²) in [5, 5.41) is 5.83. The number of nitrogens with two attached hydrogens (primary N) is 1. The topological polar surface area (TPSA) is 72.9 Å². The number of aromatic nitrogens is 2. The number of amides is 1. The lowest BCUT2D eigenvalue weighted by atomic mass is 10.3. The lowest BCUT2D eigenvalue weighted by molar-refractivity contribution is 0.0118. The Balaban J connectivity index is 0.00000225. The van der Waals surface area contributed by atoms with Gasteiger partial charge in [0.15, 0.2) is 0 Å². The summed E-state index contributed by atoms with van der Waals surface area (Å²) >= 11 is 0. The van der Waals surface area contributed by atoms with Gasteiger partial charge in [0.2, 0.25) is 0 Å². The highest BCUT2D eigenvalue weighted by molar-refractivity contribution is 5.93. The Morgan fingerprint density at radius 2 is 2.31 bits per heavy atom. The predicted molar refractivity (Wildman–Crippen MR) is 56.8 cm³/mol. The van der Waals surface area contributed by atoms with Crippen LogP contribution in [0.2, 0.25) is 0 Å². The molecule has 16 heavy (non-hydrogen) atoms. The van der Waals surface area contributed by atoms with E-state index in [-0.39, 0.29) is 18.0 Å². The van der Waals surface area contributed by atoms with Crippen molar-refractivity contribution in [2.75, 3.05) is 13.1 Å². The fraction of sp³-hybridized carbons (Fsp3) is 0.500. The second-order valence-corrected chi connectivity index (χ2v) is 3.15. The number of alkyl halides is 2. The molecule has 0 bridgehead atoms. The molecule has 0 saturated carbocycles. The number of hydrogen-bond acceptors (Lipinski definition) is 3. The first-order chi connectivity index (χ1) is 6.94. The molecule has 0 atom stereocenters. The summed E-state index contributed by atoms with van der Waals surface area (Å²) in [6, 6.07) is 0. The summed E-state index contributed by atoms with van der Waals surface area (Å²) in [6.07, 6.45) is 2.74. The van der Waals surface area contributed by atoms with Crippen LogP contribution in [0.25, 0.3) is 0 Å². The summed E-state index contributed by atoms with van der Waals surface area (Å²) in [6.45, 7) is -1.56. The van der Waals surface area contributed by atoms with E-state index in [0.29, 0.717) is 0 Å². The van der Waals surface area contributed by atoms with Crippen molar-refractivity contribution in [1.29, 1.82) is 0 Å². The second kappa shape index (κ2) is 5.76. The van der Waals surface area contributed by atoms with Crippen LogP contribution in [0.4, 0.5) is 8.78 Å². The third-order valence-electron chi connectivity index (χ3n) is 1.77.